The van der Waals surface area contributed by atoms with Crippen molar-refractivity contribution in [1.82, 2.24) is 39.2 Å². The number of anilines is 1. The van der Waals surface area contributed by atoms with E-state index >= 15 is 0 Å². The molecule has 12 heteroatoms. The number of hydrogen-bond acceptors (Lipinski definition) is 9. The van der Waals surface area contributed by atoms with Crippen LogP contribution >= 0.6 is 0 Å². The number of nitrogens with one attached hydrogen (secondary N) is 1. The minimum atomic E-state index is -0.509. The number of nitrogens with zero attached hydrogens (tertiary/aromatic N) is 8. The Morgan fingerprint density at radius 3 is 2.68 bits per heavy atom. The van der Waals surface area contributed by atoms with Crippen molar-refractivity contribution in [3.8, 4) is 34.1 Å². The molecule has 7 rings (SSSR count). The zero-order valence-corrected chi connectivity index (χ0v) is 25.5. The van der Waals surface area contributed by atoms with Gasteiger partial charge in [0, 0.05) is 55.9 Å². The first kappa shape index (κ1) is 27.8. The van der Waals surface area contributed by atoms with Crippen LogP contribution in [0.25, 0.3) is 33.4 Å². The molecule has 0 radical (unpaired) electrons. The molecule has 0 bridgehead atoms. The summed E-state index contributed by atoms with van der Waals surface area (Å²) in [4.78, 5) is 32.3. The largest absolute Gasteiger partial charge is 0.444 e. The number of rotatable bonds is 4. The maximum atomic E-state index is 12.6. The molecule has 2 aliphatic heterocycles. The van der Waals surface area contributed by atoms with E-state index < -0.39 is 5.60 Å². The number of carbonyl (C=O) groups excluding carboxylic acids is 1. The van der Waals surface area contributed by atoms with E-state index in [-0.39, 0.29) is 12.1 Å². The van der Waals surface area contributed by atoms with Gasteiger partial charge in [-0.15, -0.1) is 0 Å². The van der Waals surface area contributed by atoms with Gasteiger partial charge in [0.25, 0.3) is 0 Å². The Hall–Kier alpha value is -5.00. The van der Waals surface area contributed by atoms with Gasteiger partial charge in [0.05, 0.1) is 23.3 Å². The summed E-state index contributed by atoms with van der Waals surface area (Å²) in [5.74, 6) is 1.45. The van der Waals surface area contributed by atoms with E-state index in [0.29, 0.717) is 31.4 Å². The maximum absolute atomic E-state index is 12.6. The van der Waals surface area contributed by atoms with E-state index in [1.807, 2.05) is 63.8 Å². The molecule has 0 unspecified atom stereocenters. The van der Waals surface area contributed by atoms with Crippen LogP contribution < -0.4 is 10.1 Å². The van der Waals surface area contributed by atoms with Crippen LogP contribution in [0.3, 0.4) is 0 Å². The molecule has 12 nitrogen and oxygen atoms in total. The van der Waals surface area contributed by atoms with Gasteiger partial charge in [-0.25, -0.2) is 24.7 Å². The second-order valence-electron chi connectivity index (χ2n) is 12.4. The number of aryl methyl sites for hydroxylation is 2. The Morgan fingerprint density at radius 1 is 1.09 bits per heavy atom. The van der Waals surface area contributed by atoms with Gasteiger partial charge in [-0.1, -0.05) is 6.07 Å². The highest BCUT2D eigenvalue weighted by atomic mass is 16.6. The average molecular weight is 594 g/mol. The van der Waals surface area contributed by atoms with Gasteiger partial charge in [-0.05, 0) is 69.9 Å². The summed E-state index contributed by atoms with van der Waals surface area (Å²) in [7, 11) is 2.03. The van der Waals surface area contributed by atoms with E-state index in [1.165, 1.54) is 0 Å². The topological polar surface area (TPSA) is 125 Å². The highest BCUT2D eigenvalue weighted by Gasteiger charge is 2.30. The van der Waals surface area contributed by atoms with Crippen molar-refractivity contribution < 1.29 is 14.3 Å². The molecule has 44 heavy (non-hydrogen) atoms. The van der Waals surface area contributed by atoms with Crippen LogP contribution in [-0.4, -0.2) is 64.0 Å². The Bertz CT molecular complexity index is 1880. The maximum Gasteiger partial charge on any atom is 0.410 e. The number of fused-ring (bicyclic) bond motifs is 2. The highest BCUT2D eigenvalue weighted by molar-refractivity contribution is 6.09. The second-order valence-corrected chi connectivity index (χ2v) is 12.4. The van der Waals surface area contributed by atoms with E-state index in [9.17, 15) is 4.79 Å². The highest BCUT2D eigenvalue weighted by Crippen LogP contribution is 2.46. The monoisotopic (exact) mass is 593 g/mol. The standard InChI is InChI=1S/C32H35N9O3/c1-19-8-11-33-30(38-19)43-23-6-7-24-20(14-23)15-34-28-26-25(24)27(39(5)29(26)36-18-35-28)21-16-37-41(17-21)22-9-12-40(13-10-22)31(42)44-32(2,3)4/h6-8,11,14,16-18,22H,9-10,12-13,15H2,1-5H3,(H,34,35,36). The molecule has 1 fully saturated rings. The first-order valence-electron chi connectivity index (χ1n) is 14.8. The lowest BCUT2D eigenvalue weighted by molar-refractivity contribution is 0.0185. The van der Waals surface area contributed by atoms with Crippen molar-refractivity contribution in [3.63, 3.8) is 0 Å². The van der Waals surface area contributed by atoms with E-state index in [4.69, 9.17) is 14.6 Å². The van der Waals surface area contributed by atoms with Gasteiger partial charge < -0.3 is 24.3 Å². The third-order valence-corrected chi connectivity index (χ3v) is 8.11. The number of hydrogen-bond donors (Lipinski definition) is 1. The van der Waals surface area contributed by atoms with Crippen LogP contribution in [0.5, 0.6) is 11.8 Å². The molecule has 6 heterocycles. The number of benzene rings is 1. The molecule has 1 N–H and O–H groups in total. The molecular formula is C32H35N9O3. The molecule has 1 saturated heterocycles. The summed E-state index contributed by atoms with van der Waals surface area (Å²) < 4.78 is 15.7. The fourth-order valence-corrected chi connectivity index (χ4v) is 6.07. The molecule has 2 aliphatic rings. The SMILES string of the molecule is Cc1ccnc(Oc2ccc3c(c2)CNc2ncnc4c2c-3c(-c2cnn(C3CCN(C(=O)OC(C)(C)C)CC3)c2)n4C)n1. The van der Waals surface area contributed by atoms with Crippen molar-refractivity contribution in [2.75, 3.05) is 18.4 Å². The van der Waals surface area contributed by atoms with Gasteiger partial charge in [0.1, 0.15) is 29.1 Å². The number of aromatic nitrogens is 7. The number of ether oxygens (including phenoxy) is 2. The molecule has 1 aromatic carbocycles. The number of carbonyl (C=O) groups is 1. The smallest absolute Gasteiger partial charge is 0.410 e. The summed E-state index contributed by atoms with van der Waals surface area (Å²) in [6.45, 7) is 9.41. The number of amides is 1. The summed E-state index contributed by atoms with van der Waals surface area (Å²) >= 11 is 0. The van der Waals surface area contributed by atoms with Crippen LogP contribution in [0, 0.1) is 6.92 Å². The van der Waals surface area contributed by atoms with Crippen molar-refractivity contribution >= 4 is 22.9 Å². The summed E-state index contributed by atoms with van der Waals surface area (Å²) in [5, 5.41) is 9.28. The first-order valence-corrected chi connectivity index (χ1v) is 14.8. The molecule has 226 valence electrons. The minimum absolute atomic E-state index is 0.184. The van der Waals surface area contributed by atoms with Crippen LogP contribution in [0.2, 0.25) is 0 Å². The number of piperidine rings is 1. The van der Waals surface area contributed by atoms with Gasteiger partial charge in [0.15, 0.2) is 0 Å². The normalized spacial score (nSPS) is 15.1. The fourth-order valence-electron chi connectivity index (χ4n) is 6.07. The third kappa shape index (κ3) is 5.10. The van der Waals surface area contributed by atoms with Crippen molar-refractivity contribution in [3.05, 3.63) is 60.4 Å². The van der Waals surface area contributed by atoms with Crippen molar-refractivity contribution in [1.29, 1.82) is 0 Å². The molecule has 4 aromatic heterocycles. The summed E-state index contributed by atoms with van der Waals surface area (Å²) in [5.41, 5.74) is 6.35. The molecule has 5 aromatic rings. The van der Waals surface area contributed by atoms with Crippen LogP contribution in [-0.2, 0) is 18.3 Å². The third-order valence-electron chi connectivity index (χ3n) is 8.11. The van der Waals surface area contributed by atoms with Crippen molar-refractivity contribution in [2.45, 2.75) is 58.7 Å². The van der Waals surface area contributed by atoms with Gasteiger partial charge in [-0.2, -0.15) is 5.10 Å². The predicted octanol–water partition coefficient (Wildman–Crippen LogP) is 5.89. The second kappa shape index (κ2) is 10.6. The number of likely N-dealkylation sites (tertiary alicyclic amines) is 1. The quantitative estimate of drug-likeness (QED) is 0.272. The van der Waals surface area contributed by atoms with Gasteiger partial charge in [0.2, 0.25) is 0 Å². The molecule has 0 aliphatic carbocycles. The molecule has 0 saturated carbocycles. The molecule has 0 spiro atoms. The van der Waals surface area contributed by atoms with Crippen molar-refractivity contribution in [2.24, 2.45) is 7.05 Å². The minimum Gasteiger partial charge on any atom is -0.444 e. The molecule has 1 amide bonds. The zero-order chi connectivity index (χ0) is 30.6. The molecular weight excluding hydrogens is 558 g/mol. The van der Waals surface area contributed by atoms with Gasteiger partial charge >= 0.3 is 12.1 Å². The Kier molecular flexibility index (Phi) is 6.71. The van der Waals surface area contributed by atoms with Gasteiger partial charge in [-0.3, -0.25) is 4.68 Å². The lowest BCUT2D eigenvalue weighted by Gasteiger charge is -2.33. The van der Waals surface area contributed by atoms with E-state index in [2.05, 4.69) is 42.1 Å². The average Bonchev–Trinajstić information content (AvgIpc) is 3.54. The predicted molar refractivity (Wildman–Crippen MR) is 165 cm³/mol. The Labute approximate surface area is 255 Å². The molecule has 0 atom stereocenters. The zero-order valence-electron chi connectivity index (χ0n) is 25.5. The Morgan fingerprint density at radius 2 is 1.91 bits per heavy atom. The lowest BCUT2D eigenvalue weighted by Crippen LogP contribution is -2.42. The summed E-state index contributed by atoms with van der Waals surface area (Å²) in [6.07, 6.45) is 8.66. The van der Waals surface area contributed by atoms with Crippen LogP contribution in [0.4, 0.5) is 10.6 Å². The first-order chi connectivity index (χ1) is 21.1. The van der Waals surface area contributed by atoms with E-state index in [0.717, 1.165) is 63.3 Å². The lowest BCUT2D eigenvalue weighted by atomic mass is 9.96. The Balaban J connectivity index is 1.22. The van der Waals surface area contributed by atoms with E-state index in [1.54, 1.807) is 17.4 Å². The van der Waals surface area contributed by atoms with Crippen LogP contribution in [0.15, 0.2) is 49.2 Å². The summed E-state index contributed by atoms with van der Waals surface area (Å²) in [6, 6.07) is 8.39. The van der Waals surface area contributed by atoms with Crippen LogP contribution in [0.1, 0.15) is 50.9 Å². The fraction of sp³-hybridized carbons (Fsp3) is 0.375.